The molecule has 30 heavy (non-hydrogen) atoms. The Bertz CT molecular complexity index is 1030. The molecule has 0 aromatic heterocycles. The van der Waals surface area contributed by atoms with Crippen molar-refractivity contribution in [1.82, 2.24) is 4.90 Å². The number of carbonyl (C=O) groups excluding carboxylic acids is 2. The van der Waals surface area contributed by atoms with Crippen LogP contribution >= 0.6 is 11.6 Å². The van der Waals surface area contributed by atoms with Gasteiger partial charge in [0.05, 0.1) is 10.6 Å². The smallest absolute Gasteiger partial charge is 0.264 e. The number of carbonyl (C=O) groups is 2. The highest BCUT2D eigenvalue weighted by atomic mass is 35.5. The molecule has 0 spiro atoms. The molecule has 2 aromatic rings. The molecule has 9 heteroatoms. The van der Waals surface area contributed by atoms with Crippen molar-refractivity contribution in [2.24, 2.45) is 11.7 Å². The second-order valence-electron chi connectivity index (χ2n) is 7.36. The lowest BCUT2D eigenvalue weighted by molar-refractivity contribution is -0.133. The SMILES string of the molecule is Cc1ccc(S(=O)(=O)N(CC(=O)N2CCC(C(N)=O)CC2)c2cccc(Cl)c2)cc1. The van der Waals surface area contributed by atoms with E-state index in [1.807, 2.05) is 6.92 Å². The summed E-state index contributed by atoms with van der Waals surface area (Å²) in [7, 11) is -3.99. The third-order valence-corrected chi connectivity index (χ3v) is 7.26. The number of likely N-dealkylation sites (tertiary alicyclic amines) is 1. The van der Waals surface area contributed by atoms with Crippen molar-refractivity contribution in [3.05, 3.63) is 59.1 Å². The highest BCUT2D eigenvalue weighted by Gasteiger charge is 2.31. The van der Waals surface area contributed by atoms with Crippen LogP contribution in [0, 0.1) is 12.8 Å². The molecule has 0 radical (unpaired) electrons. The van der Waals surface area contributed by atoms with E-state index in [9.17, 15) is 18.0 Å². The molecule has 1 fully saturated rings. The summed E-state index contributed by atoms with van der Waals surface area (Å²) in [6.45, 7) is 2.23. The van der Waals surface area contributed by atoms with E-state index in [1.165, 1.54) is 18.2 Å². The van der Waals surface area contributed by atoms with Crippen LogP contribution in [0.5, 0.6) is 0 Å². The summed E-state index contributed by atoms with van der Waals surface area (Å²) in [6.07, 6.45) is 0.950. The maximum absolute atomic E-state index is 13.4. The number of primary amides is 1. The van der Waals surface area contributed by atoms with Crippen molar-refractivity contribution in [3.8, 4) is 0 Å². The van der Waals surface area contributed by atoms with Crippen molar-refractivity contribution in [2.45, 2.75) is 24.7 Å². The van der Waals surface area contributed by atoms with E-state index < -0.39 is 10.0 Å². The van der Waals surface area contributed by atoms with Gasteiger partial charge in [0.1, 0.15) is 6.54 Å². The maximum Gasteiger partial charge on any atom is 0.264 e. The average molecular weight is 450 g/mol. The van der Waals surface area contributed by atoms with Gasteiger partial charge in [-0.25, -0.2) is 8.42 Å². The third kappa shape index (κ3) is 4.94. The number of hydrogen-bond donors (Lipinski definition) is 1. The first-order chi connectivity index (χ1) is 14.2. The summed E-state index contributed by atoms with van der Waals surface area (Å²) in [5.74, 6) is -0.965. The lowest BCUT2D eigenvalue weighted by atomic mass is 9.96. The summed E-state index contributed by atoms with van der Waals surface area (Å²) in [6, 6.07) is 12.8. The van der Waals surface area contributed by atoms with E-state index in [0.717, 1.165) is 9.87 Å². The molecule has 3 rings (SSSR count). The Morgan fingerprint density at radius 1 is 1.13 bits per heavy atom. The number of nitrogens with zero attached hydrogens (tertiary/aromatic N) is 2. The summed E-state index contributed by atoms with van der Waals surface area (Å²) >= 11 is 6.08. The van der Waals surface area contributed by atoms with E-state index in [1.54, 1.807) is 35.2 Å². The Morgan fingerprint density at radius 3 is 2.33 bits per heavy atom. The van der Waals surface area contributed by atoms with Crippen molar-refractivity contribution in [1.29, 1.82) is 0 Å². The molecule has 0 aliphatic carbocycles. The second kappa shape index (κ2) is 9.06. The van der Waals surface area contributed by atoms with Gasteiger partial charge >= 0.3 is 0 Å². The van der Waals surface area contributed by atoms with Crippen molar-refractivity contribution < 1.29 is 18.0 Å². The van der Waals surface area contributed by atoms with Gasteiger partial charge in [-0.1, -0.05) is 35.4 Å². The van der Waals surface area contributed by atoms with Crippen LogP contribution in [0.1, 0.15) is 18.4 Å². The van der Waals surface area contributed by atoms with Crippen LogP contribution in [0.2, 0.25) is 5.02 Å². The first-order valence-electron chi connectivity index (χ1n) is 9.60. The standard InChI is InChI=1S/C21H24ClN3O4S/c1-15-5-7-19(8-6-15)30(28,29)25(18-4-2-3-17(22)13-18)14-20(26)24-11-9-16(10-12-24)21(23)27/h2-8,13,16H,9-12,14H2,1H3,(H2,23,27). The number of hydrogen-bond acceptors (Lipinski definition) is 4. The van der Waals surface area contributed by atoms with Crippen LogP contribution in [0.15, 0.2) is 53.4 Å². The molecule has 1 aliphatic rings. The number of piperidine rings is 1. The molecule has 1 aliphatic heterocycles. The molecule has 160 valence electrons. The van der Waals surface area contributed by atoms with E-state index in [-0.39, 0.29) is 29.2 Å². The minimum Gasteiger partial charge on any atom is -0.369 e. The van der Waals surface area contributed by atoms with Crippen molar-refractivity contribution in [2.75, 3.05) is 23.9 Å². The van der Waals surface area contributed by atoms with Crippen LogP contribution in [-0.4, -0.2) is 44.8 Å². The minimum atomic E-state index is -3.99. The Kier molecular flexibility index (Phi) is 6.67. The molecule has 2 amide bonds. The number of aryl methyl sites for hydroxylation is 1. The van der Waals surface area contributed by atoms with Gasteiger partial charge in [0.2, 0.25) is 11.8 Å². The van der Waals surface area contributed by atoms with Gasteiger partial charge in [-0.15, -0.1) is 0 Å². The largest absolute Gasteiger partial charge is 0.369 e. The molecule has 1 heterocycles. The van der Waals surface area contributed by atoms with Crippen molar-refractivity contribution >= 4 is 39.1 Å². The van der Waals surface area contributed by atoms with Gasteiger partial charge < -0.3 is 10.6 Å². The fraction of sp³-hybridized carbons (Fsp3) is 0.333. The highest BCUT2D eigenvalue weighted by molar-refractivity contribution is 7.92. The number of halogens is 1. The molecule has 1 saturated heterocycles. The van der Waals surface area contributed by atoms with Gasteiger partial charge in [0, 0.05) is 24.0 Å². The maximum atomic E-state index is 13.4. The van der Waals surface area contributed by atoms with Gasteiger partial charge in [0.25, 0.3) is 10.0 Å². The van der Waals surface area contributed by atoms with Gasteiger partial charge in [-0.2, -0.15) is 0 Å². The second-order valence-corrected chi connectivity index (χ2v) is 9.66. The number of amides is 2. The summed E-state index contributed by atoms with van der Waals surface area (Å²) in [4.78, 5) is 26.0. The lowest BCUT2D eigenvalue weighted by Gasteiger charge is -2.33. The van der Waals surface area contributed by atoms with E-state index in [2.05, 4.69) is 0 Å². The zero-order chi connectivity index (χ0) is 21.9. The van der Waals surface area contributed by atoms with Crippen LogP contribution < -0.4 is 10.0 Å². The topological polar surface area (TPSA) is 101 Å². The number of sulfonamides is 1. The van der Waals surface area contributed by atoms with Gasteiger partial charge in [0.15, 0.2) is 0 Å². The molecule has 2 N–H and O–H groups in total. The van der Waals surface area contributed by atoms with Gasteiger partial charge in [-0.05, 0) is 50.1 Å². The van der Waals surface area contributed by atoms with Crippen LogP contribution in [0.4, 0.5) is 5.69 Å². The lowest BCUT2D eigenvalue weighted by Crippen LogP contribution is -2.47. The summed E-state index contributed by atoms with van der Waals surface area (Å²) < 4.78 is 27.8. The molecule has 0 bridgehead atoms. The molecule has 0 unspecified atom stereocenters. The van der Waals surface area contributed by atoms with E-state index in [0.29, 0.717) is 36.6 Å². The van der Waals surface area contributed by atoms with E-state index in [4.69, 9.17) is 17.3 Å². The Hall–Kier alpha value is -2.58. The van der Waals surface area contributed by atoms with E-state index >= 15 is 0 Å². The number of nitrogens with two attached hydrogens (primary N) is 1. The Balaban J connectivity index is 1.88. The molecule has 2 aromatic carbocycles. The summed E-state index contributed by atoms with van der Waals surface area (Å²) in [5.41, 5.74) is 6.59. The number of rotatable bonds is 6. The number of anilines is 1. The number of benzene rings is 2. The zero-order valence-corrected chi connectivity index (χ0v) is 18.2. The zero-order valence-electron chi connectivity index (χ0n) is 16.6. The predicted molar refractivity (Wildman–Crippen MR) is 116 cm³/mol. The fourth-order valence-corrected chi connectivity index (χ4v) is 5.01. The highest BCUT2D eigenvalue weighted by Crippen LogP contribution is 2.27. The van der Waals surface area contributed by atoms with Crippen LogP contribution in [0.25, 0.3) is 0 Å². The van der Waals surface area contributed by atoms with Crippen molar-refractivity contribution in [3.63, 3.8) is 0 Å². The average Bonchev–Trinajstić information content (AvgIpc) is 2.72. The molecular formula is C21H24ClN3O4S. The molecular weight excluding hydrogens is 426 g/mol. The first-order valence-corrected chi connectivity index (χ1v) is 11.4. The quantitative estimate of drug-likeness (QED) is 0.732. The third-order valence-electron chi connectivity index (χ3n) is 5.23. The summed E-state index contributed by atoms with van der Waals surface area (Å²) in [5, 5.41) is 0.367. The van der Waals surface area contributed by atoms with Gasteiger partial charge in [-0.3, -0.25) is 13.9 Å². The molecule has 7 nitrogen and oxygen atoms in total. The first kappa shape index (κ1) is 22.1. The monoisotopic (exact) mass is 449 g/mol. The Labute approximate surface area is 181 Å². The molecule has 0 atom stereocenters. The minimum absolute atomic E-state index is 0.0910. The fourth-order valence-electron chi connectivity index (χ4n) is 3.42. The predicted octanol–water partition coefficient (Wildman–Crippen LogP) is 2.57. The molecule has 0 saturated carbocycles. The van der Waals surface area contributed by atoms with Crippen LogP contribution in [-0.2, 0) is 19.6 Å². The Morgan fingerprint density at radius 2 is 1.77 bits per heavy atom. The normalized spacial score (nSPS) is 15.1. The van der Waals surface area contributed by atoms with Crippen LogP contribution in [0.3, 0.4) is 0 Å².